The molecule has 0 fully saturated rings. The molecule has 1 rings (SSSR count). The second kappa shape index (κ2) is 5.97. The summed E-state index contributed by atoms with van der Waals surface area (Å²) in [5.41, 5.74) is 0.212. The van der Waals surface area contributed by atoms with Gasteiger partial charge in [0.05, 0.1) is 0 Å². The van der Waals surface area contributed by atoms with Gasteiger partial charge in [0.25, 0.3) is 0 Å². The molecule has 1 aromatic carbocycles. The Hall–Kier alpha value is -1.75. The van der Waals surface area contributed by atoms with E-state index < -0.39 is 17.6 Å². The Balaban J connectivity index is 2.43. The molecule has 0 aliphatic carbocycles. The maximum atomic E-state index is 13.1. The van der Waals surface area contributed by atoms with Gasteiger partial charge >= 0.3 is 5.97 Å². The number of benzene rings is 1. The van der Waals surface area contributed by atoms with Gasteiger partial charge in [0.15, 0.2) is 0 Å². The van der Waals surface area contributed by atoms with E-state index in [0.717, 1.165) is 24.3 Å². The molecule has 0 bridgehead atoms. The number of carboxylic acid groups (broad SMARTS) is 1. The molecule has 0 spiro atoms. The highest BCUT2D eigenvalue weighted by atomic mass is 19.1. The van der Waals surface area contributed by atoms with Crippen molar-refractivity contribution in [3.8, 4) is 0 Å². The molecule has 0 heterocycles. The van der Waals surface area contributed by atoms with E-state index in [1.807, 2.05) is 0 Å². The van der Waals surface area contributed by atoms with Crippen LogP contribution in [0.5, 0.6) is 0 Å². The van der Waals surface area contributed by atoms with Crippen LogP contribution >= 0.6 is 0 Å². The number of carboxylic acids is 1. The molecule has 5 heteroatoms. The molecule has 0 aliphatic heterocycles. The minimum absolute atomic E-state index is 0.146. The number of nitrogens with one attached hydrogen (secondary N) is 1. The lowest BCUT2D eigenvalue weighted by Crippen LogP contribution is -2.14. The smallest absolute Gasteiger partial charge is 0.328 e. The summed E-state index contributed by atoms with van der Waals surface area (Å²) >= 11 is 0. The van der Waals surface area contributed by atoms with Crippen molar-refractivity contribution < 1.29 is 18.7 Å². The van der Waals surface area contributed by atoms with Crippen molar-refractivity contribution in [2.45, 2.75) is 6.54 Å². The van der Waals surface area contributed by atoms with Crippen molar-refractivity contribution >= 4 is 5.97 Å². The molecule has 3 nitrogen and oxygen atoms in total. The summed E-state index contributed by atoms with van der Waals surface area (Å²) in [6, 6.07) is 3.20. The lowest BCUT2D eigenvalue weighted by molar-refractivity contribution is -0.131. The van der Waals surface area contributed by atoms with Gasteiger partial charge < -0.3 is 10.4 Å². The molecule has 0 unspecified atom stereocenters. The van der Waals surface area contributed by atoms with Crippen LogP contribution in [0.2, 0.25) is 0 Å². The van der Waals surface area contributed by atoms with Gasteiger partial charge in [-0.25, -0.2) is 13.6 Å². The van der Waals surface area contributed by atoms with E-state index >= 15 is 0 Å². The van der Waals surface area contributed by atoms with Gasteiger partial charge in [-0.3, -0.25) is 0 Å². The number of rotatable bonds is 5. The normalized spacial score (nSPS) is 10.9. The van der Waals surface area contributed by atoms with Crippen LogP contribution in [0.3, 0.4) is 0 Å². The molecule has 1 aromatic rings. The predicted molar refractivity (Wildman–Crippen MR) is 54.8 cm³/mol. The molecule has 0 atom stereocenters. The van der Waals surface area contributed by atoms with Crippen LogP contribution in [0.15, 0.2) is 30.4 Å². The minimum atomic E-state index is -1.04. The zero-order valence-electron chi connectivity index (χ0n) is 8.41. The SMILES string of the molecule is O=C(O)/C=C/CNCc1cc(F)ccc1F. The van der Waals surface area contributed by atoms with Crippen LogP contribution in [-0.2, 0) is 11.3 Å². The van der Waals surface area contributed by atoms with E-state index in [0.29, 0.717) is 0 Å². The fraction of sp³-hybridized carbons (Fsp3) is 0.182. The summed E-state index contributed by atoms with van der Waals surface area (Å²) in [5, 5.41) is 11.1. The Bertz CT molecular complexity index is 405. The van der Waals surface area contributed by atoms with Crippen molar-refractivity contribution in [1.29, 1.82) is 0 Å². The van der Waals surface area contributed by atoms with Crippen LogP contribution in [0.1, 0.15) is 5.56 Å². The molecular weight excluding hydrogens is 216 g/mol. The van der Waals surface area contributed by atoms with Crippen molar-refractivity contribution in [2.75, 3.05) is 6.54 Å². The first-order chi connectivity index (χ1) is 7.59. The molecule has 0 saturated carbocycles. The highest BCUT2D eigenvalue weighted by molar-refractivity contribution is 5.79. The maximum Gasteiger partial charge on any atom is 0.328 e. The molecular formula is C11H11F2NO2. The second-order valence-electron chi connectivity index (χ2n) is 3.11. The number of carbonyl (C=O) groups is 1. The van der Waals surface area contributed by atoms with E-state index in [4.69, 9.17) is 5.11 Å². The molecule has 0 aliphatic rings. The van der Waals surface area contributed by atoms with Gasteiger partial charge in [-0.2, -0.15) is 0 Å². The van der Waals surface area contributed by atoms with Crippen molar-refractivity contribution in [3.63, 3.8) is 0 Å². The minimum Gasteiger partial charge on any atom is -0.478 e. The fourth-order valence-electron chi connectivity index (χ4n) is 1.13. The van der Waals surface area contributed by atoms with Gasteiger partial charge in [-0.15, -0.1) is 0 Å². The summed E-state index contributed by atoms with van der Waals surface area (Å²) < 4.78 is 25.8. The summed E-state index contributed by atoms with van der Waals surface area (Å²) in [4.78, 5) is 10.1. The predicted octanol–water partition coefficient (Wildman–Crippen LogP) is 1.70. The third kappa shape index (κ3) is 4.18. The summed E-state index contributed by atoms with van der Waals surface area (Å²) in [6.07, 6.45) is 2.37. The fourth-order valence-corrected chi connectivity index (χ4v) is 1.13. The molecule has 0 saturated heterocycles. The Morgan fingerprint density at radius 3 is 2.88 bits per heavy atom. The summed E-state index contributed by atoms with van der Waals surface area (Å²) in [6.45, 7) is 0.426. The van der Waals surface area contributed by atoms with Crippen LogP contribution in [0.4, 0.5) is 8.78 Å². The zero-order valence-corrected chi connectivity index (χ0v) is 8.41. The standard InChI is InChI=1S/C11H11F2NO2/c12-9-3-4-10(13)8(6-9)7-14-5-1-2-11(15)16/h1-4,6,14H,5,7H2,(H,15,16)/b2-1+. The summed E-state index contributed by atoms with van der Waals surface area (Å²) in [7, 11) is 0. The second-order valence-corrected chi connectivity index (χ2v) is 3.11. The summed E-state index contributed by atoms with van der Waals surface area (Å²) in [5.74, 6) is -2.03. The third-order valence-electron chi connectivity index (χ3n) is 1.85. The number of aliphatic carboxylic acids is 1. The van der Waals surface area contributed by atoms with Gasteiger partial charge in [0.2, 0.25) is 0 Å². The van der Waals surface area contributed by atoms with Crippen LogP contribution in [0, 0.1) is 11.6 Å². The molecule has 0 aromatic heterocycles. The first kappa shape index (κ1) is 12.3. The highest BCUT2D eigenvalue weighted by Crippen LogP contribution is 2.08. The quantitative estimate of drug-likeness (QED) is 0.594. The highest BCUT2D eigenvalue weighted by Gasteiger charge is 2.02. The third-order valence-corrected chi connectivity index (χ3v) is 1.85. The molecule has 0 amide bonds. The molecule has 0 radical (unpaired) electrons. The Labute approximate surface area is 91.4 Å². The number of hydrogen-bond donors (Lipinski definition) is 2. The average molecular weight is 227 g/mol. The lowest BCUT2D eigenvalue weighted by Gasteiger charge is -2.03. The van der Waals surface area contributed by atoms with Crippen molar-refractivity contribution in [1.82, 2.24) is 5.32 Å². The lowest BCUT2D eigenvalue weighted by atomic mass is 10.2. The van der Waals surface area contributed by atoms with Crippen molar-refractivity contribution in [3.05, 3.63) is 47.5 Å². The van der Waals surface area contributed by atoms with E-state index in [1.165, 1.54) is 6.08 Å². The Morgan fingerprint density at radius 2 is 2.19 bits per heavy atom. The van der Waals surface area contributed by atoms with Gasteiger partial charge in [-0.05, 0) is 18.2 Å². The van der Waals surface area contributed by atoms with E-state index in [2.05, 4.69) is 5.32 Å². The molecule has 86 valence electrons. The average Bonchev–Trinajstić information content (AvgIpc) is 2.22. The van der Waals surface area contributed by atoms with Crippen LogP contribution < -0.4 is 5.32 Å². The van der Waals surface area contributed by atoms with Crippen molar-refractivity contribution in [2.24, 2.45) is 0 Å². The first-order valence-electron chi connectivity index (χ1n) is 4.63. The largest absolute Gasteiger partial charge is 0.478 e. The zero-order chi connectivity index (χ0) is 12.0. The van der Waals surface area contributed by atoms with Gasteiger partial charge in [-0.1, -0.05) is 6.08 Å². The molecule has 16 heavy (non-hydrogen) atoms. The monoisotopic (exact) mass is 227 g/mol. The number of halogens is 2. The number of hydrogen-bond acceptors (Lipinski definition) is 2. The molecule has 2 N–H and O–H groups in total. The van der Waals surface area contributed by atoms with E-state index in [1.54, 1.807) is 0 Å². The van der Waals surface area contributed by atoms with E-state index in [-0.39, 0.29) is 18.7 Å². The Morgan fingerprint density at radius 1 is 1.44 bits per heavy atom. The van der Waals surface area contributed by atoms with Gasteiger partial charge in [0.1, 0.15) is 11.6 Å². The Kier molecular flexibility index (Phi) is 4.60. The first-order valence-corrected chi connectivity index (χ1v) is 4.63. The topological polar surface area (TPSA) is 49.3 Å². The van der Waals surface area contributed by atoms with E-state index in [9.17, 15) is 13.6 Å². The van der Waals surface area contributed by atoms with Crippen LogP contribution in [0.25, 0.3) is 0 Å². The van der Waals surface area contributed by atoms with Crippen LogP contribution in [-0.4, -0.2) is 17.6 Å². The maximum absolute atomic E-state index is 13.1. The van der Waals surface area contributed by atoms with Gasteiger partial charge in [0, 0.05) is 24.7 Å².